The Hall–Kier alpha value is -1.98. The molecule has 0 saturated carbocycles. The Kier molecular flexibility index (Phi) is 5.46. The number of aromatic nitrogens is 2. The molecule has 3 heterocycles. The van der Waals surface area contributed by atoms with Gasteiger partial charge >= 0.3 is 0 Å². The van der Waals surface area contributed by atoms with Crippen molar-refractivity contribution in [1.29, 1.82) is 0 Å². The quantitative estimate of drug-likeness (QED) is 0.867. The fourth-order valence-electron chi connectivity index (χ4n) is 4.21. The maximum Gasteiger partial charge on any atom is 0.222 e. The van der Waals surface area contributed by atoms with Crippen molar-refractivity contribution in [1.82, 2.24) is 20.2 Å². The maximum atomic E-state index is 4.49. The summed E-state index contributed by atoms with van der Waals surface area (Å²) in [5.74, 6) is 0.699. The zero-order valence-electron chi connectivity index (χ0n) is 15.5. The Bertz CT molecular complexity index is 669. The van der Waals surface area contributed by atoms with Gasteiger partial charge < -0.3 is 10.6 Å². The number of hydrogen-bond donors (Lipinski definition) is 2. The average molecular weight is 351 g/mol. The van der Waals surface area contributed by atoms with Crippen molar-refractivity contribution in [3.8, 4) is 0 Å². The molecule has 0 bridgehead atoms. The van der Waals surface area contributed by atoms with Crippen LogP contribution in [0.25, 0.3) is 0 Å². The molecule has 0 radical (unpaired) electrons. The molecule has 0 unspecified atom stereocenters. The predicted octanol–water partition coefficient (Wildman–Crippen LogP) is 3.05. The molecule has 138 valence electrons. The largest absolute Gasteiger partial charge is 0.350 e. The van der Waals surface area contributed by atoms with Crippen LogP contribution in [0, 0.1) is 5.41 Å². The normalized spacial score (nSPS) is 20.2. The number of benzene rings is 1. The van der Waals surface area contributed by atoms with Gasteiger partial charge in [0.05, 0.1) is 0 Å². The fraction of sp³-hybridized carbons (Fsp3) is 0.524. The molecule has 2 aliphatic heterocycles. The van der Waals surface area contributed by atoms with Gasteiger partial charge in [-0.25, -0.2) is 9.97 Å². The third kappa shape index (κ3) is 4.40. The summed E-state index contributed by atoms with van der Waals surface area (Å²) in [7, 11) is 0. The summed E-state index contributed by atoms with van der Waals surface area (Å²) in [6, 6.07) is 10.3. The Morgan fingerprint density at radius 1 is 0.923 bits per heavy atom. The van der Waals surface area contributed by atoms with Crippen LogP contribution in [0.3, 0.4) is 0 Å². The molecule has 0 amide bonds. The van der Waals surface area contributed by atoms with E-state index in [1.165, 1.54) is 63.0 Å². The Morgan fingerprint density at radius 3 is 2.31 bits per heavy atom. The van der Waals surface area contributed by atoms with E-state index < -0.39 is 0 Å². The Balaban J connectivity index is 1.25. The molecule has 2 N–H and O–H groups in total. The van der Waals surface area contributed by atoms with Crippen LogP contribution in [0.5, 0.6) is 0 Å². The molecule has 5 nitrogen and oxygen atoms in total. The van der Waals surface area contributed by atoms with E-state index in [9.17, 15) is 0 Å². The number of likely N-dealkylation sites (tertiary alicyclic amines) is 1. The highest BCUT2D eigenvalue weighted by atomic mass is 15.1. The summed E-state index contributed by atoms with van der Waals surface area (Å²) in [6.45, 7) is 6.52. The lowest BCUT2D eigenvalue weighted by molar-refractivity contribution is 0.0700. The van der Waals surface area contributed by atoms with Gasteiger partial charge in [-0.2, -0.15) is 0 Å². The zero-order valence-corrected chi connectivity index (χ0v) is 15.5. The van der Waals surface area contributed by atoms with Crippen LogP contribution in [-0.4, -0.2) is 41.0 Å². The highest BCUT2D eigenvalue weighted by molar-refractivity contribution is 5.27. The topological polar surface area (TPSA) is 53.1 Å². The number of nitrogens with zero attached hydrogens (tertiary/aromatic N) is 3. The van der Waals surface area contributed by atoms with Gasteiger partial charge in [0.1, 0.15) is 0 Å². The molecule has 2 fully saturated rings. The van der Waals surface area contributed by atoms with Gasteiger partial charge in [-0.1, -0.05) is 30.3 Å². The smallest absolute Gasteiger partial charge is 0.222 e. The maximum absolute atomic E-state index is 4.49. The first-order valence-electron chi connectivity index (χ1n) is 9.83. The molecule has 26 heavy (non-hydrogen) atoms. The van der Waals surface area contributed by atoms with E-state index >= 15 is 0 Å². The molecule has 0 aliphatic carbocycles. The number of rotatable bonds is 5. The number of anilines is 1. The third-order valence-electron chi connectivity index (χ3n) is 5.99. The van der Waals surface area contributed by atoms with Crippen LogP contribution in [0.1, 0.15) is 36.8 Å². The van der Waals surface area contributed by atoms with Gasteiger partial charge in [-0.05, 0) is 62.8 Å². The summed E-state index contributed by atoms with van der Waals surface area (Å²) < 4.78 is 0. The first kappa shape index (κ1) is 17.4. The van der Waals surface area contributed by atoms with Crippen LogP contribution in [0.15, 0.2) is 42.7 Å². The minimum atomic E-state index is 0.615. The molecule has 2 aromatic rings. The Morgan fingerprint density at radius 2 is 1.62 bits per heavy atom. The average Bonchev–Trinajstić information content (AvgIpc) is 2.71. The molecule has 2 saturated heterocycles. The van der Waals surface area contributed by atoms with Crippen LogP contribution in [-0.2, 0) is 13.1 Å². The first-order chi connectivity index (χ1) is 12.8. The van der Waals surface area contributed by atoms with Gasteiger partial charge in [0.2, 0.25) is 5.95 Å². The van der Waals surface area contributed by atoms with Crippen molar-refractivity contribution in [2.24, 2.45) is 5.41 Å². The second-order valence-electron chi connectivity index (χ2n) is 7.78. The van der Waals surface area contributed by atoms with Gasteiger partial charge in [0.15, 0.2) is 0 Å². The van der Waals surface area contributed by atoms with E-state index in [1.807, 2.05) is 30.6 Å². The zero-order chi connectivity index (χ0) is 17.7. The van der Waals surface area contributed by atoms with E-state index in [2.05, 4.69) is 37.6 Å². The summed E-state index contributed by atoms with van der Waals surface area (Å²) in [4.78, 5) is 11.5. The summed E-state index contributed by atoms with van der Waals surface area (Å²) >= 11 is 0. The van der Waals surface area contributed by atoms with Crippen molar-refractivity contribution in [2.45, 2.75) is 38.8 Å². The first-order valence-corrected chi connectivity index (χ1v) is 9.83. The predicted molar refractivity (Wildman–Crippen MR) is 105 cm³/mol. The van der Waals surface area contributed by atoms with E-state index in [0.717, 1.165) is 13.1 Å². The second kappa shape index (κ2) is 8.14. The minimum Gasteiger partial charge on any atom is -0.350 e. The van der Waals surface area contributed by atoms with E-state index in [4.69, 9.17) is 0 Å². The number of piperidine rings is 2. The molecule has 5 heteroatoms. The van der Waals surface area contributed by atoms with Crippen molar-refractivity contribution in [3.05, 3.63) is 53.9 Å². The van der Waals surface area contributed by atoms with Gasteiger partial charge in [-0.15, -0.1) is 0 Å². The number of hydrogen-bond acceptors (Lipinski definition) is 5. The molecule has 4 rings (SSSR count). The fourth-order valence-corrected chi connectivity index (χ4v) is 4.21. The van der Waals surface area contributed by atoms with Gasteiger partial charge in [0.25, 0.3) is 0 Å². The lowest BCUT2D eigenvalue weighted by atomic mass is 9.71. The second-order valence-corrected chi connectivity index (χ2v) is 7.78. The van der Waals surface area contributed by atoms with E-state index in [0.29, 0.717) is 11.4 Å². The minimum absolute atomic E-state index is 0.615. The SMILES string of the molecule is c1ccc(CNc2ncc(CN3CCC4(CCNCC4)CC3)cn2)cc1. The highest BCUT2D eigenvalue weighted by Gasteiger charge is 2.35. The molecule has 0 atom stereocenters. The van der Waals surface area contributed by atoms with Crippen molar-refractivity contribution >= 4 is 5.95 Å². The van der Waals surface area contributed by atoms with Gasteiger partial charge in [-0.3, -0.25) is 4.90 Å². The summed E-state index contributed by atoms with van der Waals surface area (Å²) in [5, 5.41) is 6.79. The van der Waals surface area contributed by atoms with Crippen molar-refractivity contribution in [2.75, 3.05) is 31.5 Å². The van der Waals surface area contributed by atoms with Crippen molar-refractivity contribution < 1.29 is 0 Å². The summed E-state index contributed by atoms with van der Waals surface area (Å²) in [6.07, 6.45) is 9.32. The van der Waals surface area contributed by atoms with E-state index in [-0.39, 0.29) is 0 Å². The monoisotopic (exact) mass is 351 g/mol. The number of nitrogens with one attached hydrogen (secondary N) is 2. The lowest BCUT2D eigenvalue weighted by Crippen LogP contribution is -2.45. The van der Waals surface area contributed by atoms with Gasteiger partial charge in [0, 0.05) is 31.0 Å². The molecular weight excluding hydrogens is 322 g/mol. The third-order valence-corrected chi connectivity index (χ3v) is 5.99. The van der Waals surface area contributed by atoms with Crippen molar-refractivity contribution in [3.63, 3.8) is 0 Å². The molecular formula is C21H29N5. The van der Waals surface area contributed by atoms with E-state index in [1.54, 1.807) is 0 Å². The molecule has 2 aliphatic rings. The summed E-state index contributed by atoms with van der Waals surface area (Å²) in [5.41, 5.74) is 3.06. The van der Waals surface area contributed by atoms with Crippen LogP contribution >= 0.6 is 0 Å². The lowest BCUT2D eigenvalue weighted by Gasteiger charge is -2.44. The van der Waals surface area contributed by atoms with Crippen LogP contribution in [0.4, 0.5) is 5.95 Å². The molecule has 1 spiro atoms. The standard InChI is InChI=1S/C21H29N5/c1-2-4-18(5-3-1)14-23-20-24-15-19(16-25-20)17-26-12-8-21(9-13-26)6-10-22-11-7-21/h1-5,15-16,22H,6-14,17H2,(H,23,24,25). The molecule has 1 aromatic heterocycles. The molecule has 1 aromatic carbocycles. The van der Waals surface area contributed by atoms with Crippen LogP contribution in [0.2, 0.25) is 0 Å². The van der Waals surface area contributed by atoms with Crippen LogP contribution < -0.4 is 10.6 Å². The Labute approximate surface area is 156 Å². The highest BCUT2D eigenvalue weighted by Crippen LogP contribution is 2.39.